The molecule has 9 nitrogen and oxygen atoms in total. The predicted molar refractivity (Wildman–Crippen MR) is 158 cm³/mol. The molecular formula is C29H30N8OS. The number of nitrogens with zero attached hydrogens (tertiary/aromatic N) is 5. The van der Waals surface area contributed by atoms with E-state index in [1.54, 1.807) is 29.1 Å². The van der Waals surface area contributed by atoms with E-state index >= 15 is 0 Å². The lowest BCUT2D eigenvalue weighted by Crippen LogP contribution is -2.15. The number of hydrogen-bond donors (Lipinski definition) is 3. The van der Waals surface area contributed by atoms with Crippen molar-refractivity contribution in [2.75, 3.05) is 17.6 Å². The number of rotatable bonds is 6. The van der Waals surface area contributed by atoms with Crippen LogP contribution < -0.4 is 16.8 Å². The van der Waals surface area contributed by atoms with Gasteiger partial charge in [-0.05, 0) is 30.0 Å². The maximum Gasteiger partial charge on any atom is 0.256 e. The summed E-state index contributed by atoms with van der Waals surface area (Å²) in [5.74, 6) is 6.41. The minimum atomic E-state index is -0.595. The van der Waals surface area contributed by atoms with Crippen molar-refractivity contribution in [3.05, 3.63) is 89.1 Å². The molecule has 0 saturated carbocycles. The highest BCUT2D eigenvalue weighted by Gasteiger charge is 2.18. The largest absolute Gasteiger partial charge is 0.381 e. The highest BCUT2D eigenvalue weighted by Crippen LogP contribution is 2.31. The van der Waals surface area contributed by atoms with Gasteiger partial charge in [0.25, 0.3) is 5.91 Å². The van der Waals surface area contributed by atoms with Crippen LogP contribution in [0.5, 0.6) is 0 Å². The number of carbonyl (C=O) groups excluding carboxylic acids is 1. The topological polar surface area (TPSA) is 130 Å². The molecule has 1 aromatic carbocycles. The van der Waals surface area contributed by atoms with Crippen LogP contribution in [0.1, 0.15) is 34.1 Å². The lowest BCUT2D eigenvalue weighted by Gasteiger charge is -2.07. The SMILES string of the molecule is C=CCNc1c(C(N)=O)c(N)nn1C.CCc1cc2scc(C#Cc3ccn(C)n3)c2nc1-c1ccccc1. The number of aromatic nitrogens is 5. The first-order valence-electron chi connectivity index (χ1n) is 12.3. The molecule has 0 saturated heterocycles. The fourth-order valence-electron chi connectivity index (χ4n) is 3.97. The first kappa shape index (κ1) is 27.2. The minimum absolute atomic E-state index is 0.131. The van der Waals surface area contributed by atoms with E-state index in [9.17, 15) is 4.79 Å². The van der Waals surface area contributed by atoms with Crippen LogP contribution in [0.25, 0.3) is 21.5 Å². The summed E-state index contributed by atoms with van der Waals surface area (Å²) in [5, 5.41) is 13.2. The quantitative estimate of drug-likeness (QED) is 0.218. The summed E-state index contributed by atoms with van der Waals surface area (Å²) in [7, 11) is 3.57. The molecule has 4 aromatic heterocycles. The Bertz CT molecular complexity index is 1680. The molecular weight excluding hydrogens is 508 g/mol. The third kappa shape index (κ3) is 6.17. The number of primary amides is 1. The number of nitrogens with two attached hydrogens (primary N) is 2. The van der Waals surface area contributed by atoms with E-state index in [2.05, 4.69) is 76.6 Å². The summed E-state index contributed by atoms with van der Waals surface area (Å²) >= 11 is 1.70. The zero-order valence-corrected chi connectivity index (χ0v) is 22.9. The summed E-state index contributed by atoms with van der Waals surface area (Å²) in [6.45, 7) is 6.23. The first-order chi connectivity index (χ1) is 18.8. The van der Waals surface area contributed by atoms with Gasteiger partial charge in [0.05, 0.1) is 21.5 Å². The van der Waals surface area contributed by atoms with Crippen molar-refractivity contribution in [1.29, 1.82) is 0 Å². The number of nitrogen functional groups attached to an aromatic ring is 1. The maximum absolute atomic E-state index is 11.0. The summed E-state index contributed by atoms with van der Waals surface area (Å²) < 4.78 is 4.41. The Hall–Kier alpha value is -4.88. The first-order valence-corrected chi connectivity index (χ1v) is 13.2. The maximum atomic E-state index is 11.0. The van der Waals surface area contributed by atoms with Gasteiger partial charge in [0, 0.05) is 37.8 Å². The van der Waals surface area contributed by atoms with Gasteiger partial charge in [-0.15, -0.1) is 17.9 Å². The van der Waals surface area contributed by atoms with Crippen molar-refractivity contribution < 1.29 is 4.79 Å². The van der Waals surface area contributed by atoms with E-state index in [-0.39, 0.29) is 11.4 Å². The standard InChI is InChI=1S/C21H17N3S.C8H13N5O/c1-3-15-13-19-21(22-20(15)16-7-5-4-6-8-16)17(14-25-19)9-10-18-11-12-24(2)23-18;1-3-4-11-8-5(7(10)14)6(9)12-13(8)2/h4-8,11-14H,3H2,1-2H3;3,11H,1,4H2,2H3,(H2,9,12)(H2,10,14). The molecule has 0 atom stereocenters. The zero-order valence-electron chi connectivity index (χ0n) is 22.1. The molecule has 0 fully saturated rings. The fraction of sp³-hybridized carbons (Fsp3) is 0.172. The van der Waals surface area contributed by atoms with Crippen LogP contribution in [0.3, 0.4) is 0 Å². The van der Waals surface area contributed by atoms with Gasteiger partial charge >= 0.3 is 0 Å². The van der Waals surface area contributed by atoms with E-state index in [4.69, 9.17) is 16.5 Å². The van der Waals surface area contributed by atoms with Gasteiger partial charge in [-0.1, -0.05) is 49.3 Å². The number of aryl methyl sites for hydroxylation is 3. The van der Waals surface area contributed by atoms with Gasteiger partial charge < -0.3 is 16.8 Å². The average Bonchev–Trinajstić information content (AvgIpc) is 3.61. The average molecular weight is 539 g/mol. The molecule has 0 spiro atoms. The normalized spacial score (nSPS) is 10.3. The number of benzene rings is 1. The number of thiophene rings is 1. The third-order valence-electron chi connectivity index (χ3n) is 5.83. The van der Waals surface area contributed by atoms with Gasteiger partial charge in [0.2, 0.25) is 0 Å². The molecule has 5 aromatic rings. The van der Waals surface area contributed by atoms with Gasteiger partial charge in [-0.3, -0.25) is 14.2 Å². The summed E-state index contributed by atoms with van der Waals surface area (Å²) in [6.07, 6.45) is 4.52. The lowest BCUT2D eigenvalue weighted by atomic mass is 10.0. The van der Waals surface area contributed by atoms with E-state index in [0.717, 1.165) is 34.5 Å². The Labute approximate surface area is 231 Å². The number of amides is 1. The second kappa shape index (κ2) is 12.1. The van der Waals surface area contributed by atoms with E-state index in [0.29, 0.717) is 12.4 Å². The summed E-state index contributed by atoms with van der Waals surface area (Å²) in [5.41, 5.74) is 17.1. The van der Waals surface area contributed by atoms with Crippen LogP contribution in [0.2, 0.25) is 0 Å². The van der Waals surface area contributed by atoms with Crippen LogP contribution in [0.4, 0.5) is 11.6 Å². The molecule has 198 valence electrons. The fourth-order valence-corrected chi connectivity index (χ4v) is 4.86. The van der Waals surface area contributed by atoms with Crippen molar-refractivity contribution >= 4 is 39.1 Å². The van der Waals surface area contributed by atoms with Gasteiger partial charge in [-0.2, -0.15) is 10.2 Å². The molecule has 4 heterocycles. The predicted octanol–water partition coefficient (Wildman–Crippen LogP) is 4.36. The monoisotopic (exact) mass is 538 g/mol. The molecule has 0 aliphatic rings. The molecule has 10 heteroatoms. The second-order valence-corrected chi connectivity index (χ2v) is 9.51. The van der Waals surface area contributed by atoms with Crippen LogP contribution >= 0.6 is 11.3 Å². The number of hydrogen-bond acceptors (Lipinski definition) is 7. The number of pyridine rings is 1. The molecule has 0 bridgehead atoms. The van der Waals surface area contributed by atoms with Gasteiger partial charge in [0.15, 0.2) is 5.82 Å². The Kier molecular flexibility index (Phi) is 8.43. The van der Waals surface area contributed by atoms with Gasteiger partial charge in [0.1, 0.15) is 17.1 Å². The van der Waals surface area contributed by atoms with Gasteiger partial charge in [-0.25, -0.2) is 4.98 Å². The molecule has 0 aliphatic heterocycles. The number of fused-ring (bicyclic) bond motifs is 1. The highest BCUT2D eigenvalue weighted by atomic mass is 32.1. The molecule has 39 heavy (non-hydrogen) atoms. The molecule has 5 rings (SSSR count). The van der Waals surface area contributed by atoms with Crippen LogP contribution in [0.15, 0.2) is 66.7 Å². The van der Waals surface area contributed by atoms with Crippen LogP contribution in [-0.2, 0) is 20.5 Å². The van der Waals surface area contributed by atoms with E-state index in [1.807, 2.05) is 25.4 Å². The number of anilines is 2. The molecule has 5 N–H and O–H groups in total. The Morgan fingerprint density at radius 3 is 2.59 bits per heavy atom. The van der Waals surface area contributed by atoms with E-state index < -0.39 is 5.91 Å². The van der Waals surface area contributed by atoms with Crippen molar-refractivity contribution in [2.24, 2.45) is 19.8 Å². The Morgan fingerprint density at radius 2 is 1.95 bits per heavy atom. The van der Waals surface area contributed by atoms with Crippen molar-refractivity contribution in [2.45, 2.75) is 13.3 Å². The van der Waals surface area contributed by atoms with Crippen LogP contribution in [-0.4, -0.2) is 37.0 Å². The Balaban J connectivity index is 0.000000215. The summed E-state index contributed by atoms with van der Waals surface area (Å²) in [4.78, 5) is 16.0. The Morgan fingerprint density at radius 1 is 1.18 bits per heavy atom. The van der Waals surface area contributed by atoms with Crippen molar-refractivity contribution in [3.8, 4) is 23.1 Å². The third-order valence-corrected chi connectivity index (χ3v) is 6.75. The minimum Gasteiger partial charge on any atom is -0.381 e. The lowest BCUT2D eigenvalue weighted by molar-refractivity contribution is 0.100. The van der Waals surface area contributed by atoms with Crippen molar-refractivity contribution in [3.63, 3.8) is 0 Å². The number of carbonyl (C=O) groups is 1. The summed E-state index contributed by atoms with van der Waals surface area (Å²) in [6, 6.07) is 14.5. The molecule has 1 amide bonds. The zero-order chi connectivity index (χ0) is 27.9. The highest BCUT2D eigenvalue weighted by molar-refractivity contribution is 7.17. The second-order valence-electron chi connectivity index (χ2n) is 8.60. The molecule has 0 unspecified atom stereocenters. The molecule has 0 radical (unpaired) electrons. The van der Waals surface area contributed by atoms with E-state index in [1.165, 1.54) is 14.9 Å². The van der Waals surface area contributed by atoms with Crippen LogP contribution in [0, 0.1) is 11.8 Å². The molecule has 0 aliphatic carbocycles. The number of nitrogens with one attached hydrogen (secondary N) is 1. The smallest absolute Gasteiger partial charge is 0.256 e. The van der Waals surface area contributed by atoms with Crippen molar-refractivity contribution in [1.82, 2.24) is 24.5 Å².